The highest BCUT2D eigenvalue weighted by Gasteiger charge is 2.53. The number of carbonyl (C=O) groups is 2. The van der Waals surface area contributed by atoms with Crippen molar-refractivity contribution in [2.45, 2.75) is 16.9 Å². The Labute approximate surface area is 225 Å². The third-order valence-electron chi connectivity index (χ3n) is 6.41. The summed E-state index contributed by atoms with van der Waals surface area (Å²) in [5.74, 6) is -3.77. The minimum atomic E-state index is -4.44. The Hall–Kier alpha value is -4.13. The summed E-state index contributed by atoms with van der Waals surface area (Å²) in [4.78, 5) is 27.0. The number of ketones is 2. The lowest BCUT2D eigenvalue weighted by Crippen LogP contribution is -2.52. The molecule has 0 saturated carbocycles. The third-order valence-corrected chi connectivity index (χ3v) is 8.35. The van der Waals surface area contributed by atoms with Crippen LogP contribution in [0.1, 0.15) is 27.9 Å². The Bertz CT molecular complexity index is 1780. The molecule has 1 heterocycles. The van der Waals surface area contributed by atoms with Crippen LogP contribution >= 0.6 is 0 Å². The Morgan fingerprint density at radius 3 is 2.46 bits per heavy atom. The predicted octanol–water partition coefficient (Wildman–Crippen LogP) is 2.94. The molecular weight excluding hydrogens is 542 g/mol. The Balaban J connectivity index is 1.54. The molecule has 5 rings (SSSR count). The number of anilines is 2. The standard InChI is InChI=1S/C27H23N3O7S2/c1-38(34,35)29-18-13-14-21-22(16-18)39(36,37)30-26(28-21)23-24(31)19-11-5-6-12-20(19)27(33,25(23)32)15-7-10-17-8-3-2-4-9-17/h2-14,16,23,29,33H,15H2,1H3,(H,28,30)/b10-7+. The van der Waals surface area contributed by atoms with Crippen LogP contribution in [0.2, 0.25) is 0 Å². The highest BCUT2D eigenvalue weighted by atomic mass is 32.2. The fourth-order valence-electron chi connectivity index (χ4n) is 4.67. The highest BCUT2D eigenvalue weighted by Crippen LogP contribution is 2.41. The van der Waals surface area contributed by atoms with Crippen molar-refractivity contribution in [3.63, 3.8) is 0 Å². The van der Waals surface area contributed by atoms with Crippen LogP contribution in [0.5, 0.6) is 0 Å². The molecule has 0 bridgehead atoms. The summed E-state index contributed by atoms with van der Waals surface area (Å²) in [6.07, 6.45) is 4.11. The van der Waals surface area contributed by atoms with Gasteiger partial charge in [-0.05, 0) is 23.8 Å². The van der Waals surface area contributed by atoms with Gasteiger partial charge in [0.2, 0.25) is 10.0 Å². The van der Waals surface area contributed by atoms with Crippen molar-refractivity contribution in [3.05, 3.63) is 95.6 Å². The molecule has 2 atom stereocenters. The van der Waals surface area contributed by atoms with Gasteiger partial charge in [0.25, 0.3) is 10.0 Å². The van der Waals surface area contributed by atoms with E-state index in [0.29, 0.717) is 0 Å². The zero-order chi connectivity index (χ0) is 28.0. The van der Waals surface area contributed by atoms with E-state index >= 15 is 0 Å². The fraction of sp³-hybridized carbons (Fsp3) is 0.148. The maximum absolute atomic E-state index is 13.8. The fourth-order valence-corrected chi connectivity index (χ4v) is 6.41. The smallest absolute Gasteiger partial charge is 0.286 e. The van der Waals surface area contributed by atoms with Crippen LogP contribution in [0.4, 0.5) is 11.4 Å². The van der Waals surface area contributed by atoms with Gasteiger partial charge in [-0.15, -0.1) is 4.40 Å². The number of Topliss-reactive ketones (excluding diaryl/α,β-unsaturated/α-hetero) is 2. The SMILES string of the molecule is CS(=O)(=O)Nc1ccc2c(c1)S(=O)(=O)N=C(C1C(=O)c3ccccc3C(O)(C/C=C/c3ccccc3)C1=O)N2. The van der Waals surface area contributed by atoms with Crippen LogP contribution in [0.3, 0.4) is 0 Å². The average molecular weight is 566 g/mol. The second kappa shape index (κ2) is 9.56. The van der Waals surface area contributed by atoms with E-state index in [1.165, 1.54) is 24.3 Å². The van der Waals surface area contributed by atoms with E-state index in [2.05, 4.69) is 14.4 Å². The van der Waals surface area contributed by atoms with Crippen molar-refractivity contribution in [3.8, 4) is 0 Å². The Kier molecular flexibility index (Phi) is 6.49. The van der Waals surface area contributed by atoms with Crippen molar-refractivity contribution in [2.75, 3.05) is 16.3 Å². The number of benzene rings is 3. The summed E-state index contributed by atoms with van der Waals surface area (Å²) in [6.45, 7) is 0. The lowest BCUT2D eigenvalue weighted by Gasteiger charge is -2.36. The molecule has 1 aliphatic heterocycles. The third kappa shape index (κ3) is 5.01. The molecule has 12 heteroatoms. The lowest BCUT2D eigenvalue weighted by molar-refractivity contribution is -0.139. The topological polar surface area (TPSA) is 159 Å². The quantitative estimate of drug-likeness (QED) is 0.385. The lowest BCUT2D eigenvalue weighted by atomic mass is 9.70. The van der Waals surface area contributed by atoms with E-state index in [0.717, 1.165) is 17.9 Å². The van der Waals surface area contributed by atoms with Crippen molar-refractivity contribution in [1.82, 2.24) is 0 Å². The number of nitrogens with zero attached hydrogens (tertiary/aromatic N) is 1. The summed E-state index contributed by atoms with van der Waals surface area (Å²) in [5, 5.41) is 14.5. The van der Waals surface area contributed by atoms with E-state index in [1.54, 1.807) is 24.3 Å². The largest absolute Gasteiger partial charge is 0.377 e. The summed E-state index contributed by atoms with van der Waals surface area (Å²) >= 11 is 0. The average Bonchev–Trinajstić information content (AvgIpc) is 2.88. The van der Waals surface area contributed by atoms with Gasteiger partial charge in [0, 0.05) is 23.2 Å². The first-order chi connectivity index (χ1) is 18.4. The summed E-state index contributed by atoms with van der Waals surface area (Å²) in [7, 11) is -8.12. The zero-order valence-electron chi connectivity index (χ0n) is 20.5. The van der Waals surface area contributed by atoms with Crippen LogP contribution in [-0.4, -0.2) is 45.6 Å². The summed E-state index contributed by atoms with van der Waals surface area (Å²) < 4.78 is 55.2. The van der Waals surface area contributed by atoms with Gasteiger partial charge < -0.3 is 10.4 Å². The first kappa shape index (κ1) is 26.5. The molecule has 3 aromatic rings. The minimum absolute atomic E-state index is 0.00130. The number of hydrogen-bond donors (Lipinski definition) is 3. The van der Waals surface area contributed by atoms with Gasteiger partial charge in [-0.2, -0.15) is 8.42 Å². The minimum Gasteiger partial charge on any atom is -0.377 e. The van der Waals surface area contributed by atoms with Crippen molar-refractivity contribution < 1.29 is 31.5 Å². The monoisotopic (exact) mass is 565 g/mol. The number of amidine groups is 1. The number of rotatable bonds is 6. The molecule has 3 N–H and O–H groups in total. The molecule has 2 unspecified atom stereocenters. The van der Waals surface area contributed by atoms with Gasteiger partial charge in [-0.25, -0.2) is 8.42 Å². The molecule has 2 aliphatic rings. The van der Waals surface area contributed by atoms with E-state index in [9.17, 15) is 31.5 Å². The highest BCUT2D eigenvalue weighted by molar-refractivity contribution is 7.92. The molecule has 200 valence electrons. The molecule has 10 nitrogen and oxygen atoms in total. The first-order valence-corrected chi connectivity index (χ1v) is 15.1. The zero-order valence-corrected chi connectivity index (χ0v) is 22.2. The van der Waals surface area contributed by atoms with Gasteiger partial charge >= 0.3 is 0 Å². The van der Waals surface area contributed by atoms with Gasteiger partial charge in [0.1, 0.15) is 16.6 Å². The van der Waals surface area contributed by atoms with Crippen LogP contribution in [0.25, 0.3) is 6.08 Å². The first-order valence-electron chi connectivity index (χ1n) is 11.7. The molecular formula is C27H23N3O7S2. The molecule has 0 amide bonds. The molecule has 1 aliphatic carbocycles. The van der Waals surface area contributed by atoms with Gasteiger partial charge in [-0.1, -0.05) is 66.7 Å². The molecule has 3 aromatic carbocycles. The number of nitrogens with one attached hydrogen (secondary N) is 2. The van der Waals surface area contributed by atoms with E-state index in [4.69, 9.17) is 0 Å². The van der Waals surface area contributed by atoms with Crippen LogP contribution in [0, 0.1) is 5.92 Å². The molecule has 0 saturated heterocycles. The van der Waals surface area contributed by atoms with Crippen LogP contribution in [0.15, 0.2) is 88.2 Å². The number of carbonyl (C=O) groups excluding carboxylic acids is 2. The molecule has 0 aromatic heterocycles. The molecule has 39 heavy (non-hydrogen) atoms. The Morgan fingerprint density at radius 2 is 1.74 bits per heavy atom. The number of hydrogen-bond acceptors (Lipinski definition) is 8. The summed E-state index contributed by atoms with van der Waals surface area (Å²) in [6, 6.07) is 19.1. The molecule has 0 spiro atoms. The number of fused-ring (bicyclic) bond motifs is 2. The Morgan fingerprint density at radius 1 is 1.05 bits per heavy atom. The predicted molar refractivity (Wildman–Crippen MR) is 146 cm³/mol. The molecule has 0 fully saturated rings. The summed E-state index contributed by atoms with van der Waals surface area (Å²) in [5.41, 5.74) is -1.07. The second-order valence-corrected chi connectivity index (χ2v) is 12.6. The van der Waals surface area contributed by atoms with Crippen LogP contribution < -0.4 is 10.0 Å². The van der Waals surface area contributed by atoms with Gasteiger partial charge in [-0.3, -0.25) is 14.3 Å². The van der Waals surface area contributed by atoms with Crippen molar-refractivity contribution in [1.29, 1.82) is 0 Å². The van der Waals surface area contributed by atoms with Gasteiger partial charge in [0.05, 0.1) is 11.9 Å². The van der Waals surface area contributed by atoms with Gasteiger partial charge in [0.15, 0.2) is 17.2 Å². The second-order valence-electron chi connectivity index (χ2n) is 9.25. The van der Waals surface area contributed by atoms with Crippen molar-refractivity contribution in [2.24, 2.45) is 10.3 Å². The number of sulfonamides is 2. The van der Waals surface area contributed by atoms with Crippen molar-refractivity contribution >= 4 is 54.9 Å². The van der Waals surface area contributed by atoms with E-state index in [-0.39, 0.29) is 33.8 Å². The molecule has 0 radical (unpaired) electrons. The van der Waals surface area contributed by atoms with Crippen LogP contribution in [-0.2, 0) is 30.4 Å². The maximum atomic E-state index is 13.8. The van der Waals surface area contributed by atoms with E-state index < -0.39 is 49.0 Å². The van der Waals surface area contributed by atoms with E-state index in [1.807, 2.05) is 30.3 Å². The normalized spacial score (nSPS) is 22.0. The maximum Gasteiger partial charge on any atom is 0.286 e. The number of aliphatic hydroxyl groups is 1.